The van der Waals surface area contributed by atoms with Crippen molar-refractivity contribution in [3.05, 3.63) is 185 Å². The van der Waals surface area contributed by atoms with Crippen LogP contribution in [0.4, 0.5) is 0 Å². The second-order valence-corrected chi connectivity index (χ2v) is 27.9. The van der Waals surface area contributed by atoms with E-state index in [0.717, 1.165) is 61.4 Å². The molecule has 0 aliphatic rings. The Balaban J connectivity index is 0.00000740. The number of hydrogen-bond donors (Lipinski definition) is 1. The summed E-state index contributed by atoms with van der Waals surface area (Å²) in [6, 6.07) is 55.1. The number of imidazole rings is 1. The number of fused-ring (bicyclic) bond motifs is 4. The molecule has 10 rings (SSSR count). The van der Waals surface area contributed by atoms with Gasteiger partial charge in [0.25, 0.3) is 0 Å². The summed E-state index contributed by atoms with van der Waals surface area (Å²) in [6.45, 7) is 40.7. The van der Waals surface area contributed by atoms with E-state index in [4.69, 9.17) is 9.97 Å². The SMILES string of the molecule is CC(C)(C)c1cc(-n2c(-c3cc(C(C)(C)C)cc(C(C)(C)C)c3O)nc3c(-c4[c-]c(-c5cc(-c6cccc7c8ccccc8n(-c8cc(C(C)(C)C)cc(C(C)(C)C)c8)c67)ccn5)ccc4)cccc32)cc(C(C)(C)C)c1.[Pt]. The van der Waals surface area contributed by atoms with E-state index in [0.29, 0.717) is 11.4 Å². The molecule has 0 unspecified atom stereocenters. The van der Waals surface area contributed by atoms with Crippen LogP contribution < -0.4 is 0 Å². The van der Waals surface area contributed by atoms with E-state index in [1.807, 2.05) is 6.20 Å². The normalized spacial score (nSPS) is 12.9. The van der Waals surface area contributed by atoms with Gasteiger partial charge in [-0.05, 0) is 114 Å². The van der Waals surface area contributed by atoms with Crippen molar-refractivity contribution in [1.82, 2.24) is 19.1 Å². The summed E-state index contributed by atoms with van der Waals surface area (Å²) < 4.78 is 4.77. The third-order valence-electron chi connectivity index (χ3n) is 15.7. The zero-order valence-corrected chi connectivity index (χ0v) is 51.7. The number of hydrogen-bond acceptors (Lipinski definition) is 3. The average Bonchev–Trinajstić information content (AvgIpc) is 4.10. The molecular weight excluding hydrogens is 1130 g/mol. The van der Waals surface area contributed by atoms with E-state index >= 15 is 0 Å². The minimum Gasteiger partial charge on any atom is -0.507 e. The Labute approximate surface area is 479 Å². The van der Waals surface area contributed by atoms with Crippen molar-refractivity contribution >= 4 is 32.8 Å². The average molecular weight is 1210 g/mol. The quantitative estimate of drug-likeness (QED) is 0.169. The molecule has 3 heterocycles. The molecular formula is C72H79N4OPt-. The molecule has 0 spiro atoms. The fourth-order valence-corrected chi connectivity index (χ4v) is 10.8. The van der Waals surface area contributed by atoms with Crippen molar-refractivity contribution in [1.29, 1.82) is 0 Å². The monoisotopic (exact) mass is 1210 g/mol. The summed E-state index contributed by atoms with van der Waals surface area (Å²) in [6.07, 6.45) is 1.94. The Hall–Kier alpha value is -6.55. The summed E-state index contributed by atoms with van der Waals surface area (Å²) in [5.41, 5.74) is 19.2. The molecule has 10 aromatic rings. The molecule has 3 aromatic heterocycles. The van der Waals surface area contributed by atoms with Crippen LogP contribution >= 0.6 is 0 Å². The van der Waals surface area contributed by atoms with Crippen LogP contribution in [0.2, 0.25) is 0 Å². The van der Waals surface area contributed by atoms with Crippen molar-refractivity contribution in [3.63, 3.8) is 0 Å². The van der Waals surface area contributed by atoms with E-state index in [9.17, 15) is 5.11 Å². The number of phenols is 1. The van der Waals surface area contributed by atoms with Gasteiger partial charge in [0.2, 0.25) is 0 Å². The Morgan fingerprint density at radius 3 is 1.49 bits per heavy atom. The molecule has 6 heteroatoms. The summed E-state index contributed by atoms with van der Waals surface area (Å²) in [5, 5.41) is 15.0. The molecule has 78 heavy (non-hydrogen) atoms. The van der Waals surface area contributed by atoms with Crippen molar-refractivity contribution < 1.29 is 26.2 Å². The number of rotatable bonds is 6. The topological polar surface area (TPSA) is 55.9 Å². The summed E-state index contributed by atoms with van der Waals surface area (Å²) in [4.78, 5) is 10.7. The van der Waals surface area contributed by atoms with Gasteiger partial charge in [-0.3, -0.25) is 9.55 Å². The molecule has 0 atom stereocenters. The Bertz CT molecular complexity index is 3870. The first-order valence-corrected chi connectivity index (χ1v) is 27.6. The van der Waals surface area contributed by atoms with Gasteiger partial charge in [0.05, 0.1) is 27.6 Å². The van der Waals surface area contributed by atoms with Gasteiger partial charge in [-0.15, -0.1) is 29.8 Å². The molecule has 0 radical (unpaired) electrons. The van der Waals surface area contributed by atoms with Gasteiger partial charge in [-0.1, -0.05) is 209 Å². The van der Waals surface area contributed by atoms with Crippen molar-refractivity contribution in [2.24, 2.45) is 0 Å². The maximum Gasteiger partial charge on any atom is 0.148 e. The van der Waals surface area contributed by atoms with Crippen LogP contribution in [0, 0.1) is 6.07 Å². The van der Waals surface area contributed by atoms with Gasteiger partial charge in [0, 0.05) is 66.2 Å². The first-order valence-electron chi connectivity index (χ1n) is 27.6. The van der Waals surface area contributed by atoms with Crippen molar-refractivity contribution in [2.75, 3.05) is 0 Å². The third-order valence-corrected chi connectivity index (χ3v) is 15.7. The molecule has 0 aliphatic carbocycles. The largest absolute Gasteiger partial charge is 0.507 e. The van der Waals surface area contributed by atoms with Gasteiger partial charge in [0.15, 0.2) is 0 Å². The maximum absolute atomic E-state index is 12.6. The van der Waals surface area contributed by atoms with E-state index in [2.05, 4.69) is 279 Å². The zero-order valence-electron chi connectivity index (χ0n) is 49.4. The smallest absolute Gasteiger partial charge is 0.148 e. The van der Waals surface area contributed by atoms with Gasteiger partial charge in [-0.2, -0.15) is 0 Å². The Morgan fingerprint density at radius 2 is 0.910 bits per heavy atom. The first kappa shape index (κ1) is 56.2. The Kier molecular flexibility index (Phi) is 14.2. The van der Waals surface area contributed by atoms with E-state index in [1.54, 1.807) is 0 Å². The summed E-state index contributed by atoms with van der Waals surface area (Å²) in [7, 11) is 0. The third kappa shape index (κ3) is 10.5. The maximum atomic E-state index is 12.6. The predicted molar refractivity (Wildman–Crippen MR) is 328 cm³/mol. The second kappa shape index (κ2) is 19.7. The van der Waals surface area contributed by atoms with E-state index in [-0.39, 0.29) is 59.3 Å². The number of pyridine rings is 1. The van der Waals surface area contributed by atoms with Crippen LogP contribution in [0.15, 0.2) is 146 Å². The predicted octanol–water partition coefficient (Wildman–Crippen LogP) is 19.5. The minimum atomic E-state index is -0.326. The minimum absolute atomic E-state index is 0. The molecule has 0 aliphatic heterocycles. The summed E-state index contributed by atoms with van der Waals surface area (Å²) in [5.74, 6) is 0.958. The number of nitrogens with zero attached hydrogens (tertiary/aromatic N) is 4. The summed E-state index contributed by atoms with van der Waals surface area (Å²) >= 11 is 0. The molecule has 0 amide bonds. The fourth-order valence-electron chi connectivity index (χ4n) is 10.8. The van der Waals surface area contributed by atoms with Crippen LogP contribution in [-0.4, -0.2) is 24.2 Å². The number of benzene rings is 7. The number of phenolic OH excluding ortho intramolecular Hbond substituents is 1. The van der Waals surface area contributed by atoms with E-state index in [1.165, 1.54) is 49.7 Å². The van der Waals surface area contributed by atoms with Crippen molar-refractivity contribution in [2.45, 2.75) is 157 Å². The van der Waals surface area contributed by atoms with Crippen molar-refractivity contribution in [3.8, 4) is 62.0 Å². The standard InChI is InChI=1S/C72H79N4O.Pt/c1-67(2,3)47-36-48(68(4,5)6)39-52(38-47)75-61-30-20-19-26-56(61)57-29-22-28-55(64(57)75)45-32-33-73-60(35-45)46-25-21-24-44(34-46)54-27-23-31-62-63(54)74-66(58-42-51(71(13,14)15)43-59(65(58)77)72(16,17)18)76(62)53-40-49(69(7,8)9)37-50(41-53)70(10,11)12;/h19-33,35-43,77H,1-18H3;/q-1;. The first-order chi connectivity index (χ1) is 35.9. The van der Waals surface area contributed by atoms with Crippen LogP contribution in [-0.2, 0) is 53.6 Å². The van der Waals surface area contributed by atoms with E-state index < -0.39 is 0 Å². The molecule has 404 valence electrons. The number of aromatic nitrogens is 4. The Morgan fingerprint density at radius 1 is 0.423 bits per heavy atom. The number of aromatic hydroxyl groups is 1. The van der Waals surface area contributed by atoms with Crippen LogP contribution in [0.3, 0.4) is 0 Å². The molecule has 7 aromatic carbocycles. The van der Waals surface area contributed by atoms with Crippen LogP contribution in [0.25, 0.3) is 89.1 Å². The molecule has 0 bridgehead atoms. The molecule has 0 saturated carbocycles. The van der Waals surface area contributed by atoms with Gasteiger partial charge in [0.1, 0.15) is 11.6 Å². The fraction of sp³-hybridized carbons (Fsp3) is 0.333. The molecule has 0 fully saturated rings. The van der Waals surface area contributed by atoms with Gasteiger partial charge < -0.3 is 9.67 Å². The number of para-hydroxylation sites is 3. The molecule has 0 saturated heterocycles. The van der Waals surface area contributed by atoms with Crippen LogP contribution in [0.5, 0.6) is 5.75 Å². The second-order valence-electron chi connectivity index (χ2n) is 27.9. The zero-order chi connectivity index (χ0) is 55.5. The molecule has 1 N–H and O–H groups in total. The van der Waals surface area contributed by atoms with Gasteiger partial charge in [-0.25, -0.2) is 4.98 Å². The molecule has 5 nitrogen and oxygen atoms in total. The van der Waals surface area contributed by atoms with Crippen LogP contribution in [0.1, 0.15) is 158 Å². The van der Waals surface area contributed by atoms with Gasteiger partial charge >= 0.3 is 0 Å².